The third-order valence-corrected chi connectivity index (χ3v) is 3.77. The second-order valence-electron chi connectivity index (χ2n) is 4.18. The van der Waals surface area contributed by atoms with Gasteiger partial charge in [-0.25, -0.2) is 4.98 Å². The van der Waals surface area contributed by atoms with Crippen LogP contribution in [0.5, 0.6) is 0 Å². The molecule has 0 spiro atoms. The van der Waals surface area contributed by atoms with E-state index in [4.69, 9.17) is 5.73 Å². The van der Waals surface area contributed by atoms with Gasteiger partial charge in [0, 0.05) is 18.0 Å². The van der Waals surface area contributed by atoms with Crippen molar-refractivity contribution >= 4 is 16.5 Å². The molecule has 84 valence electrons. The molecule has 1 aromatic rings. The average molecular weight is 225 g/mol. The first-order valence-electron chi connectivity index (χ1n) is 5.79. The number of hydrogen-bond acceptors (Lipinski definition) is 4. The third-order valence-electron chi connectivity index (χ3n) is 2.94. The first kappa shape index (κ1) is 10.9. The maximum Gasteiger partial charge on any atom is 0.183 e. The highest BCUT2D eigenvalue weighted by molar-refractivity contribution is 7.13. The molecule has 1 saturated carbocycles. The fraction of sp³-hybridized carbons (Fsp3) is 0.727. The maximum atomic E-state index is 5.54. The van der Waals surface area contributed by atoms with Crippen molar-refractivity contribution in [2.75, 3.05) is 5.32 Å². The monoisotopic (exact) mass is 225 g/mol. The van der Waals surface area contributed by atoms with E-state index in [1.807, 2.05) is 5.38 Å². The smallest absolute Gasteiger partial charge is 0.183 e. The summed E-state index contributed by atoms with van der Waals surface area (Å²) >= 11 is 1.67. The molecule has 1 heterocycles. The molecule has 1 aromatic heterocycles. The topological polar surface area (TPSA) is 50.9 Å². The summed E-state index contributed by atoms with van der Waals surface area (Å²) in [5.41, 5.74) is 6.53. The highest BCUT2D eigenvalue weighted by Gasteiger charge is 2.13. The van der Waals surface area contributed by atoms with Crippen LogP contribution in [-0.4, -0.2) is 11.0 Å². The number of anilines is 1. The van der Waals surface area contributed by atoms with Crippen LogP contribution in [0.1, 0.15) is 44.2 Å². The minimum atomic E-state index is 0.544. The van der Waals surface area contributed by atoms with E-state index >= 15 is 0 Å². The molecule has 0 saturated heterocycles. The van der Waals surface area contributed by atoms with Crippen molar-refractivity contribution in [2.24, 2.45) is 5.73 Å². The van der Waals surface area contributed by atoms with Gasteiger partial charge in [-0.15, -0.1) is 11.3 Å². The Kier molecular flexibility index (Phi) is 3.97. The molecule has 0 atom stereocenters. The maximum absolute atomic E-state index is 5.54. The second kappa shape index (κ2) is 5.47. The van der Waals surface area contributed by atoms with Gasteiger partial charge in [0.05, 0.1) is 5.69 Å². The number of nitrogens with zero attached hydrogens (tertiary/aromatic N) is 1. The zero-order valence-corrected chi connectivity index (χ0v) is 9.85. The standard InChI is InChI=1S/C11H19N3S/c12-7-10-8-15-11(14-10)13-9-5-3-1-2-4-6-9/h8-9H,1-7,12H2,(H,13,14). The first-order chi connectivity index (χ1) is 7.38. The van der Waals surface area contributed by atoms with E-state index in [-0.39, 0.29) is 0 Å². The summed E-state index contributed by atoms with van der Waals surface area (Å²) in [4.78, 5) is 4.44. The Hall–Kier alpha value is -0.610. The molecule has 4 heteroatoms. The van der Waals surface area contributed by atoms with E-state index in [0.717, 1.165) is 10.8 Å². The number of hydrogen-bond donors (Lipinski definition) is 2. The van der Waals surface area contributed by atoms with Crippen molar-refractivity contribution in [3.63, 3.8) is 0 Å². The second-order valence-corrected chi connectivity index (χ2v) is 5.04. The number of nitrogens with one attached hydrogen (secondary N) is 1. The lowest BCUT2D eigenvalue weighted by molar-refractivity contribution is 0.619. The number of nitrogens with two attached hydrogens (primary N) is 1. The Labute approximate surface area is 95.1 Å². The zero-order valence-electron chi connectivity index (χ0n) is 9.04. The zero-order chi connectivity index (χ0) is 10.5. The SMILES string of the molecule is NCc1csc(NC2CCCCCC2)n1. The highest BCUT2D eigenvalue weighted by atomic mass is 32.1. The van der Waals surface area contributed by atoms with Crippen LogP contribution in [0.4, 0.5) is 5.13 Å². The van der Waals surface area contributed by atoms with Gasteiger partial charge < -0.3 is 11.1 Å². The normalized spacial score (nSPS) is 18.7. The van der Waals surface area contributed by atoms with Gasteiger partial charge >= 0.3 is 0 Å². The fourth-order valence-electron chi connectivity index (χ4n) is 2.07. The molecule has 0 radical (unpaired) electrons. The Morgan fingerprint density at radius 3 is 2.67 bits per heavy atom. The third kappa shape index (κ3) is 3.18. The molecule has 0 bridgehead atoms. The molecule has 2 rings (SSSR count). The van der Waals surface area contributed by atoms with Crippen LogP contribution in [0.25, 0.3) is 0 Å². The quantitative estimate of drug-likeness (QED) is 0.778. The number of thiazole rings is 1. The molecule has 3 N–H and O–H groups in total. The van der Waals surface area contributed by atoms with E-state index in [1.54, 1.807) is 11.3 Å². The van der Waals surface area contributed by atoms with Crippen molar-refractivity contribution < 1.29 is 0 Å². The minimum Gasteiger partial charge on any atom is -0.359 e. The van der Waals surface area contributed by atoms with E-state index in [0.29, 0.717) is 12.6 Å². The van der Waals surface area contributed by atoms with E-state index in [9.17, 15) is 0 Å². The summed E-state index contributed by atoms with van der Waals surface area (Å²) < 4.78 is 0. The molecule has 0 aliphatic heterocycles. The van der Waals surface area contributed by atoms with Gasteiger partial charge in [-0.2, -0.15) is 0 Å². The van der Waals surface area contributed by atoms with Crippen molar-refractivity contribution in [2.45, 2.75) is 51.1 Å². The van der Waals surface area contributed by atoms with E-state index in [2.05, 4.69) is 10.3 Å². The lowest BCUT2D eigenvalue weighted by Gasteiger charge is -2.14. The van der Waals surface area contributed by atoms with E-state index in [1.165, 1.54) is 38.5 Å². The van der Waals surface area contributed by atoms with Crippen LogP contribution in [0.2, 0.25) is 0 Å². The summed E-state index contributed by atoms with van der Waals surface area (Å²) in [5, 5.41) is 6.61. The Morgan fingerprint density at radius 1 is 1.33 bits per heavy atom. The van der Waals surface area contributed by atoms with Gasteiger partial charge in [-0.05, 0) is 12.8 Å². The molecular weight excluding hydrogens is 206 g/mol. The van der Waals surface area contributed by atoms with Crippen molar-refractivity contribution in [1.29, 1.82) is 0 Å². The molecule has 0 unspecified atom stereocenters. The van der Waals surface area contributed by atoms with Crippen LogP contribution in [-0.2, 0) is 6.54 Å². The number of rotatable bonds is 3. The minimum absolute atomic E-state index is 0.544. The molecule has 0 amide bonds. The van der Waals surface area contributed by atoms with Gasteiger partial charge in [-0.3, -0.25) is 0 Å². The Morgan fingerprint density at radius 2 is 2.07 bits per heavy atom. The molecule has 1 fully saturated rings. The molecular formula is C11H19N3S. The lowest BCUT2D eigenvalue weighted by atomic mass is 10.1. The number of aromatic nitrogens is 1. The largest absolute Gasteiger partial charge is 0.359 e. The summed E-state index contributed by atoms with van der Waals surface area (Å²) in [5.74, 6) is 0. The fourth-order valence-corrected chi connectivity index (χ4v) is 2.87. The van der Waals surface area contributed by atoms with Crippen LogP contribution in [0.15, 0.2) is 5.38 Å². The van der Waals surface area contributed by atoms with Gasteiger partial charge in [0.1, 0.15) is 0 Å². The molecule has 0 aromatic carbocycles. The molecule has 15 heavy (non-hydrogen) atoms. The van der Waals surface area contributed by atoms with Gasteiger partial charge in [0.15, 0.2) is 5.13 Å². The average Bonchev–Trinajstić information content (AvgIpc) is 2.54. The van der Waals surface area contributed by atoms with Crippen LogP contribution in [0.3, 0.4) is 0 Å². The first-order valence-corrected chi connectivity index (χ1v) is 6.67. The van der Waals surface area contributed by atoms with Crippen molar-refractivity contribution in [1.82, 2.24) is 4.98 Å². The summed E-state index contributed by atoms with van der Waals surface area (Å²) in [7, 11) is 0. The molecule has 1 aliphatic rings. The Bertz CT molecular complexity index is 290. The van der Waals surface area contributed by atoms with Gasteiger partial charge in [0.2, 0.25) is 0 Å². The summed E-state index contributed by atoms with van der Waals surface area (Å²) in [6.45, 7) is 0.544. The Balaban J connectivity index is 1.89. The summed E-state index contributed by atoms with van der Waals surface area (Å²) in [6.07, 6.45) is 8.07. The van der Waals surface area contributed by atoms with Gasteiger partial charge in [0.25, 0.3) is 0 Å². The lowest BCUT2D eigenvalue weighted by Crippen LogP contribution is -2.18. The predicted octanol–water partition coefficient (Wildman–Crippen LogP) is 2.74. The molecule has 3 nitrogen and oxygen atoms in total. The van der Waals surface area contributed by atoms with Gasteiger partial charge in [-0.1, -0.05) is 25.7 Å². The van der Waals surface area contributed by atoms with E-state index < -0.39 is 0 Å². The van der Waals surface area contributed by atoms with Crippen molar-refractivity contribution in [3.8, 4) is 0 Å². The summed E-state index contributed by atoms with van der Waals surface area (Å²) in [6, 6.07) is 0.629. The van der Waals surface area contributed by atoms with Crippen LogP contribution < -0.4 is 11.1 Å². The predicted molar refractivity (Wildman–Crippen MR) is 65.1 cm³/mol. The van der Waals surface area contributed by atoms with Crippen LogP contribution >= 0.6 is 11.3 Å². The van der Waals surface area contributed by atoms with Crippen LogP contribution in [0, 0.1) is 0 Å². The highest BCUT2D eigenvalue weighted by Crippen LogP contribution is 2.23. The molecule has 1 aliphatic carbocycles. The van der Waals surface area contributed by atoms with Crippen molar-refractivity contribution in [3.05, 3.63) is 11.1 Å².